The fourth-order valence-electron chi connectivity index (χ4n) is 2.25. The zero-order chi connectivity index (χ0) is 20.7. The van der Waals surface area contributed by atoms with E-state index in [4.69, 9.17) is 4.74 Å². The summed E-state index contributed by atoms with van der Waals surface area (Å²) in [6.07, 6.45) is -5.18. The lowest BCUT2D eigenvalue weighted by Crippen LogP contribution is -2.47. The number of halogens is 3. The third kappa shape index (κ3) is 9.83. The second kappa shape index (κ2) is 9.59. The summed E-state index contributed by atoms with van der Waals surface area (Å²) in [6.45, 7) is 5.37. The number of hydrogen-bond donors (Lipinski definition) is 2. The Hall–Kier alpha value is -2.29. The standard InChI is InChI=1S/C18H26F3N3O3/c1-17(2,3)27-16(26)23-24(4)11-10-14(22-15(25)18(19,20)21)12-13-8-6-5-7-9-13/h5-9,14H,10-12H2,1-4H3,(H,22,25)(H,23,26)/t14-/m1/s1. The van der Waals surface area contributed by atoms with E-state index in [2.05, 4.69) is 5.43 Å². The molecule has 0 aliphatic carbocycles. The number of carbonyl (C=O) groups is 2. The molecule has 9 heteroatoms. The van der Waals surface area contributed by atoms with Gasteiger partial charge in [0.1, 0.15) is 5.60 Å². The molecule has 0 aliphatic heterocycles. The van der Waals surface area contributed by atoms with Crippen molar-refractivity contribution in [1.29, 1.82) is 0 Å². The van der Waals surface area contributed by atoms with Crippen LogP contribution in [0.1, 0.15) is 32.8 Å². The van der Waals surface area contributed by atoms with Gasteiger partial charge in [0.2, 0.25) is 0 Å². The molecule has 152 valence electrons. The molecule has 1 aromatic carbocycles. The average Bonchev–Trinajstić information content (AvgIpc) is 2.50. The van der Waals surface area contributed by atoms with E-state index >= 15 is 0 Å². The van der Waals surface area contributed by atoms with Crippen LogP contribution in [0.3, 0.4) is 0 Å². The predicted octanol–water partition coefficient (Wildman–Crippen LogP) is 3.04. The molecule has 0 bridgehead atoms. The first-order valence-corrected chi connectivity index (χ1v) is 8.49. The molecule has 0 heterocycles. The Balaban J connectivity index is 2.65. The van der Waals surface area contributed by atoms with Gasteiger partial charge in [-0.2, -0.15) is 13.2 Å². The van der Waals surface area contributed by atoms with Crippen molar-refractivity contribution in [2.45, 2.75) is 51.4 Å². The molecule has 0 spiro atoms. The summed E-state index contributed by atoms with van der Waals surface area (Å²) in [6, 6.07) is 8.14. The van der Waals surface area contributed by atoms with Gasteiger partial charge < -0.3 is 10.1 Å². The highest BCUT2D eigenvalue weighted by Crippen LogP contribution is 2.16. The van der Waals surface area contributed by atoms with Crippen LogP contribution < -0.4 is 10.7 Å². The van der Waals surface area contributed by atoms with Crippen molar-refractivity contribution in [3.8, 4) is 0 Å². The molecule has 0 unspecified atom stereocenters. The zero-order valence-electron chi connectivity index (χ0n) is 15.9. The van der Waals surface area contributed by atoms with Crippen molar-refractivity contribution >= 4 is 12.0 Å². The highest BCUT2D eigenvalue weighted by Gasteiger charge is 2.39. The van der Waals surface area contributed by atoms with Crippen LogP contribution in [0.4, 0.5) is 18.0 Å². The third-order valence-corrected chi connectivity index (χ3v) is 3.41. The summed E-state index contributed by atoms with van der Waals surface area (Å²) in [4.78, 5) is 23.0. The molecule has 2 N–H and O–H groups in total. The van der Waals surface area contributed by atoms with Crippen molar-refractivity contribution in [3.05, 3.63) is 35.9 Å². The Bertz CT molecular complexity index is 616. The largest absolute Gasteiger partial charge is 0.471 e. The molecule has 0 saturated heterocycles. The molecule has 0 aromatic heterocycles. The lowest BCUT2D eigenvalue weighted by molar-refractivity contribution is -0.174. The first kappa shape index (κ1) is 22.8. The number of benzene rings is 1. The zero-order valence-corrected chi connectivity index (χ0v) is 15.9. The smallest absolute Gasteiger partial charge is 0.443 e. The summed E-state index contributed by atoms with van der Waals surface area (Å²) in [5.74, 6) is -1.98. The Morgan fingerprint density at radius 2 is 1.74 bits per heavy atom. The maximum Gasteiger partial charge on any atom is 0.471 e. The minimum Gasteiger partial charge on any atom is -0.443 e. The Labute approximate surface area is 157 Å². The number of nitrogens with zero attached hydrogens (tertiary/aromatic N) is 1. The maximum absolute atomic E-state index is 12.6. The first-order chi connectivity index (χ1) is 12.4. The molecular weight excluding hydrogens is 363 g/mol. The van der Waals surface area contributed by atoms with Gasteiger partial charge in [-0.3, -0.25) is 10.2 Å². The number of amides is 2. The van der Waals surface area contributed by atoms with Crippen LogP contribution in [0, 0.1) is 0 Å². The molecule has 0 aliphatic rings. The van der Waals surface area contributed by atoms with Crippen LogP contribution in [0.2, 0.25) is 0 Å². The molecule has 0 fully saturated rings. The highest BCUT2D eigenvalue weighted by molar-refractivity contribution is 5.81. The summed E-state index contributed by atoms with van der Waals surface area (Å²) in [5, 5.41) is 3.43. The summed E-state index contributed by atoms with van der Waals surface area (Å²) in [7, 11) is 1.56. The number of rotatable bonds is 7. The van der Waals surface area contributed by atoms with Gasteiger partial charge in [0, 0.05) is 19.6 Å². The number of nitrogens with one attached hydrogen (secondary N) is 2. The Kier molecular flexibility index (Phi) is 8.08. The van der Waals surface area contributed by atoms with Gasteiger partial charge in [0.05, 0.1) is 0 Å². The predicted molar refractivity (Wildman–Crippen MR) is 94.7 cm³/mol. The molecule has 2 amide bonds. The number of carbonyl (C=O) groups excluding carboxylic acids is 2. The van der Waals surface area contributed by atoms with Crippen LogP contribution in [-0.2, 0) is 16.0 Å². The van der Waals surface area contributed by atoms with Crippen molar-refractivity contribution in [3.63, 3.8) is 0 Å². The lowest BCUT2D eigenvalue weighted by Gasteiger charge is -2.25. The second-order valence-electron chi connectivity index (χ2n) is 7.18. The van der Waals surface area contributed by atoms with Crippen molar-refractivity contribution in [1.82, 2.24) is 15.8 Å². The van der Waals surface area contributed by atoms with Gasteiger partial charge >= 0.3 is 18.2 Å². The molecule has 1 atom stereocenters. The van der Waals surface area contributed by atoms with Crippen molar-refractivity contribution in [2.75, 3.05) is 13.6 Å². The summed E-state index contributed by atoms with van der Waals surface area (Å²) < 4.78 is 42.9. The minimum absolute atomic E-state index is 0.197. The minimum atomic E-state index is -4.95. The topological polar surface area (TPSA) is 70.7 Å². The highest BCUT2D eigenvalue weighted by atomic mass is 19.4. The number of hydrazine groups is 1. The SMILES string of the molecule is CN(CC[C@H](Cc1ccccc1)NC(=O)C(F)(F)F)NC(=O)OC(C)(C)C. The fraction of sp³-hybridized carbons (Fsp3) is 0.556. The molecule has 0 saturated carbocycles. The van der Waals surface area contributed by atoms with E-state index in [1.54, 1.807) is 58.2 Å². The lowest BCUT2D eigenvalue weighted by atomic mass is 10.0. The van der Waals surface area contributed by atoms with E-state index < -0.39 is 29.8 Å². The van der Waals surface area contributed by atoms with Gasteiger partial charge in [-0.1, -0.05) is 30.3 Å². The van der Waals surface area contributed by atoms with Crippen molar-refractivity contribution < 1.29 is 27.5 Å². The normalized spacial score (nSPS) is 13.2. The van der Waals surface area contributed by atoms with E-state index in [1.807, 2.05) is 5.32 Å². The second-order valence-corrected chi connectivity index (χ2v) is 7.18. The summed E-state index contributed by atoms with van der Waals surface area (Å²) >= 11 is 0. The molecule has 1 rings (SSSR count). The fourth-order valence-corrected chi connectivity index (χ4v) is 2.25. The van der Waals surface area contributed by atoms with Crippen LogP contribution in [0.5, 0.6) is 0 Å². The van der Waals surface area contributed by atoms with Gasteiger partial charge in [-0.25, -0.2) is 9.80 Å². The molecule has 1 aromatic rings. The van der Waals surface area contributed by atoms with E-state index in [0.29, 0.717) is 0 Å². The van der Waals surface area contributed by atoms with Crippen LogP contribution in [-0.4, -0.2) is 48.4 Å². The summed E-state index contributed by atoms with van der Waals surface area (Å²) in [5.41, 5.74) is 2.61. The third-order valence-electron chi connectivity index (χ3n) is 3.41. The molecule has 27 heavy (non-hydrogen) atoms. The number of alkyl halides is 3. The van der Waals surface area contributed by atoms with Crippen molar-refractivity contribution in [2.24, 2.45) is 0 Å². The Morgan fingerprint density at radius 1 is 1.15 bits per heavy atom. The number of hydrogen-bond acceptors (Lipinski definition) is 4. The molecule has 6 nitrogen and oxygen atoms in total. The quantitative estimate of drug-likeness (QED) is 0.704. The van der Waals surface area contributed by atoms with E-state index in [-0.39, 0.29) is 19.4 Å². The average molecular weight is 389 g/mol. The van der Waals surface area contributed by atoms with Gasteiger partial charge in [-0.15, -0.1) is 0 Å². The van der Waals surface area contributed by atoms with Crippen LogP contribution in [0.15, 0.2) is 30.3 Å². The molecular formula is C18H26F3N3O3. The first-order valence-electron chi connectivity index (χ1n) is 8.49. The van der Waals surface area contributed by atoms with E-state index in [9.17, 15) is 22.8 Å². The van der Waals surface area contributed by atoms with Gasteiger partial charge in [0.25, 0.3) is 0 Å². The van der Waals surface area contributed by atoms with Gasteiger partial charge in [-0.05, 0) is 39.2 Å². The van der Waals surface area contributed by atoms with Gasteiger partial charge in [0.15, 0.2) is 0 Å². The van der Waals surface area contributed by atoms with E-state index in [1.165, 1.54) is 5.01 Å². The maximum atomic E-state index is 12.6. The van der Waals surface area contributed by atoms with Crippen LogP contribution >= 0.6 is 0 Å². The number of ether oxygens (including phenoxy) is 1. The monoisotopic (exact) mass is 389 g/mol. The van der Waals surface area contributed by atoms with E-state index in [0.717, 1.165) is 5.56 Å². The van der Waals surface area contributed by atoms with Crippen LogP contribution in [0.25, 0.3) is 0 Å². The Morgan fingerprint density at radius 3 is 2.26 bits per heavy atom. The molecule has 0 radical (unpaired) electrons.